The molecule has 0 aliphatic rings. The molecule has 0 bridgehead atoms. The van der Waals surface area contributed by atoms with E-state index in [4.69, 9.17) is 4.74 Å². The third-order valence-corrected chi connectivity index (χ3v) is 4.50. The van der Waals surface area contributed by atoms with Gasteiger partial charge in [0.05, 0.1) is 5.52 Å². The average Bonchev–Trinajstić information content (AvgIpc) is 2.86. The number of hydrogen-bond donors (Lipinski definition) is 2. The molecule has 0 spiro atoms. The van der Waals surface area contributed by atoms with E-state index in [1.807, 2.05) is 44.2 Å². The first kappa shape index (κ1) is 17.2. The van der Waals surface area contributed by atoms with Crippen LogP contribution in [0.25, 0.3) is 10.9 Å². The molecule has 1 aromatic heterocycles. The summed E-state index contributed by atoms with van der Waals surface area (Å²) in [6, 6.07) is 11.1. The number of halogens is 1. The summed E-state index contributed by atoms with van der Waals surface area (Å²) >= 11 is 3.43. The molecule has 1 amide bonds. The van der Waals surface area contributed by atoms with Crippen LogP contribution in [0.3, 0.4) is 0 Å². The zero-order valence-electron chi connectivity index (χ0n) is 13.7. The van der Waals surface area contributed by atoms with Gasteiger partial charge in [0, 0.05) is 9.86 Å². The minimum Gasteiger partial charge on any atom is -0.493 e. The summed E-state index contributed by atoms with van der Waals surface area (Å²) in [6.45, 7) is 3.64. The molecule has 0 atom stereocenters. The molecule has 128 valence electrons. The highest BCUT2D eigenvalue weighted by atomic mass is 79.9. The molecule has 0 saturated heterocycles. The van der Waals surface area contributed by atoms with E-state index in [2.05, 4.69) is 31.1 Å². The quantitative estimate of drug-likeness (QED) is 0.606. The summed E-state index contributed by atoms with van der Waals surface area (Å²) in [5.74, 6) is -0.0771. The Morgan fingerprint density at radius 3 is 2.84 bits per heavy atom. The SMILES string of the molecule is Cc1cccc(OCC(=O)N=Nc2c(O)[nH]c3cc(Br)c(C)cc23)c1. The first-order valence-corrected chi connectivity index (χ1v) is 8.38. The molecule has 7 heteroatoms. The molecule has 2 N–H and O–H groups in total. The van der Waals surface area contributed by atoms with Gasteiger partial charge in [0.1, 0.15) is 5.75 Å². The van der Waals surface area contributed by atoms with Gasteiger partial charge in [-0.05, 0) is 49.2 Å². The van der Waals surface area contributed by atoms with Crippen LogP contribution < -0.4 is 4.74 Å². The van der Waals surface area contributed by atoms with Crippen LogP contribution >= 0.6 is 15.9 Å². The highest BCUT2D eigenvalue weighted by Gasteiger charge is 2.13. The number of rotatable bonds is 4. The smallest absolute Gasteiger partial charge is 0.302 e. The van der Waals surface area contributed by atoms with Crippen molar-refractivity contribution in [2.45, 2.75) is 13.8 Å². The first-order chi connectivity index (χ1) is 11.9. The minimum absolute atomic E-state index is 0.136. The molecular weight excluding hydrogens is 386 g/mol. The lowest BCUT2D eigenvalue weighted by atomic mass is 10.1. The van der Waals surface area contributed by atoms with Crippen LogP contribution in [0.4, 0.5) is 5.69 Å². The molecule has 3 rings (SSSR count). The number of hydrogen-bond acceptors (Lipinski definition) is 4. The van der Waals surface area contributed by atoms with Gasteiger partial charge in [-0.15, -0.1) is 10.2 Å². The van der Waals surface area contributed by atoms with Gasteiger partial charge in [-0.1, -0.05) is 28.1 Å². The normalized spacial score (nSPS) is 11.3. The number of nitrogens with zero attached hydrogens (tertiary/aromatic N) is 2. The van der Waals surface area contributed by atoms with Gasteiger partial charge in [0.15, 0.2) is 12.3 Å². The number of fused-ring (bicyclic) bond motifs is 1. The zero-order valence-corrected chi connectivity index (χ0v) is 15.3. The standard InChI is InChI=1S/C18H16BrN3O3/c1-10-4-3-5-12(6-10)25-9-16(23)21-22-17-13-7-11(2)14(19)8-15(13)20-18(17)24/h3-8,20,24H,9H2,1-2H3. The van der Waals surface area contributed by atoms with Gasteiger partial charge in [-0.2, -0.15) is 0 Å². The Morgan fingerprint density at radius 1 is 1.28 bits per heavy atom. The monoisotopic (exact) mass is 401 g/mol. The van der Waals surface area contributed by atoms with Gasteiger partial charge < -0.3 is 14.8 Å². The summed E-state index contributed by atoms with van der Waals surface area (Å²) in [6.07, 6.45) is 0. The number of carbonyl (C=O) groups is 1. The van der Waals surface area contributed by atoms with Gasteiger partial charge in [-0.25, -0.2) is 0 Å². The number of ether oxygens (including phenoxy) is 1. The number of aromatic amines is 1. The summed E-state index contributed by atoms with van der Waals surface area (Å²) < 4.78 is 6.30. The second-order valence-corrected chi connectivity index (χ2v) is 6.52. The number of amides is 1. The molecule has 0 aliphatic carbocycles. The lowest BCUT2D eigenvalue weighted by Crippen LogP contribution is -2.07. The maximum absolute atomic E-state index is 11.9. The van der Waals surface area contributed by atoms with Crippen LogP contribution in [0.15, 0.2) is 51.1 Å². The lowest BCUT2D eigenvalue weighted by Gasteiger charge is -2.03. The molecule has 1 heterocycles. The van der Waals surface area contributed by atoms with Crippen LogP contribution in [0.5, 0.6) is 11.6 Å². The van der Waals surface area contributed by atoms with E-state index in [9.17, 15) is 9.90 Å². The van der Waals surface area contributed by atoms with Crippen molar-refractivity contribution in [3.8, 4) is 11.6 Å². The molecule has 2 aromatic carbocycles. The van der Waals surface area contributed by atoms with Crippen molar-refractivity contribution in [3.63, 3.8) is 0 Å². The largest absolute Gasteiger partial charge is 0.493 e. The Bertz CT molecular complexity index is 979. The van der Waals surface area contributed by atoms with Crippen molar-refractivity contribution in [2.75, 3.05) is 6.61 Å². The van der Waals surface area contributed by atoms with Crippen molar-refractivity contribution in [1.29, 1.82) is 0 Å². The van der Waals surface area contributed by atoms with Crippen molar-refractivity contribution in [1.82, 2.24) is 4.98 Å². The predicted molar refractivity (Wildman–Crippen MR) is 98.6 cm³/mol. The molecule has 0 fully saturated rings. The number of aromatic hydroxyl groups is 1. The Balaban J connectivity index is 1.75. The average molecular weight is 402 g/mol. The van der Waals surface area contributed by atoms with Crippen LogP contribution in [0.1, 0.15) is 11.1 Å². The highest BCUT2D eigenvalue weighted by molar-refractivity contribution is 9.10. The third kappa shape index (κ3) is 3.88. The van der Waals surface area contributed by atoms with E-state index < -0.39 is 5.91 Å². The topological polar surface area (TPSA) is 87.0 Å². The summed E-state index contributed by atoms with van der Waals surface area (Å²) in [7, 11) is 0. The Morgan fingerprint density at radius 2 is 2.08 bits per heavy atom. The van der Waals surface area contributed by atoms with Crippen LogP contribution in [0.2, 0.25) is 0 Å². The van der Waals surface area contributed by atoms with Crippen molar-refractivity contribution in [2.24, 2.45) is 10.2 Å². The van der Waals surface area contributed by atoms with Crippen LogP contribution in [-0.2, 0) is 4.79 Å². The number of azo groups is 1. The molecule has 0 unspecified atom stereocenters. The summed E-state index contributed by atoms with van der Waals surface area (Å²) in [4.78, 5) is 14.7. The molecule has 25 heavy (non-hydrogen) atoms. The van der Waals surface area contributed by atoms with Gasteiger partial charge >= 0.3 is 5.91 Å². The molecule has 6 nitrogen and oxygen atoms in total. The second kappa shape index (κ2) is 7.06. The van der Waals surface area contributed by atoms with Gasteiger partial charge in [0.25, 0.3) is 0 Å². The highest BCUT2D eigenvalue weighted by Crippen LogP contribution is 2.37. The molecule has 0 radical (unpaired) electrons. The van der Waals surface area contributed by atoms with E-state index in [0.29, 0.717) is 16.7 Å². The Hall–Kier alpha value is -2.67. The van der Waals surface area contributed by atoms with E-state index in [-0.39, 0.29) is 18.2 Å². The number of carbonyl (C=O) groups excluding carboxylic acids is 1. The molecule has 3 aromatic rings. The first-order valence-electron chi connectivity index (χ1n) is 7.59. The second-order valence-electron chi connectivity index (χ2n) is 5.67. The van der Waals surface area contributed by atoms with E-state index >= 15 is 0 Å². The number of aryl methyl sites for hydroxylation is 2. The number of benzene rings is 2. The Labute approximate surface area is 152 Å². The van der Waals surface area contributed by atoms with Crippen molar-refractivity contribution in [3.05, 3.63) is 52.0 Å². The van der Waals surface area contributed by atoms with Crippen molar-refractivity contribution < 1.29 is 14.6 Å². The van der Waals surface area contributed by atoms with E-state index in [1.54, 1.807) is 6.07 Å². The van der Waals surface area contributed by atoms with Gasteiger partial charge in [0.2, 0.25) is 5.88 Å². The van der Waals surface area contributed by atoms with Crippen LogP contribution in [-0.4, -0.2) is 22.6 Å². The summed E-state index contributed by atoms with van der Waals surface area (Å²) in [5, 5.41) is 18.2. The number of H-pyrrole nitrogens is 1. The predicted octanol–water partition coefficient (Wildman–Crippen LogP) is 4.94. The fraction of sp³-hybridized carbons (Fsp3) is 0.167. The number of nitrogens with one attached hydrogen (secondary N) is 1. The molecule has 0 aliphatic heterocycles. The lowest BCUT2D eigenvalue weighted by molar-refractivity contribution is -0.120. The van der Waals surface area contributed by atoms with E-state index in [1.165, 1.54) is 0 Å². The van der Waals surface area contributed by atoms with Crippen molar-refractivity contribution >= 4 is 38.4 Å². The summed E-state index contributed by atoms with van der Waals surface area (Å²) in [5.41, 5.74) is 2.95. The number of aromatic nitrogens is 1. The van der Waals surface area contributed by atoms with Gasteiger partial charge in [-0.3, -0.25) is 4.79 Å². The fourth-order valence-electron chi connectivity index (χ4n) is 2.38. The molecular formula is C18H16BrN3O3. The zero-order chi connectivity index (χ0) is 18.0. The molecule has 0 saturated carbocycles. The van der Waals surface area contributed by atoms with E-state index in [0.717, 1.165) is 15.6 Å². The maximum Gasteiger partial charge on any atom is 0.302 e. The van der Waals surface area contributed by atoms with Crippen LogP contribution in [0, 0.1) is 13.8 Å². The fourth-order valence-corrected chi connectivity index (χ4v) is 2.72. The Kier molecular flexibility index (Phi) is 4.85. The maximum atomic E-state index is 11.9. The minimum atomic E-state index is -0.538. The third-order valence-electron chi connectivity index (χ3n) is 3.64.